The summed E-state index contributed by atoms with van der Waals surface area (Å²) in [6.07, 6.45) is -1.33. The van der Waals surface area contributed by atoms with Crippen LogP contribution < -0.4 is 4.74 Å². The molecule has 0 aliphatic rings. The summed E-state index contributed by atoms with van der Waals surface area (Å²) in [7, 11) is 1.53. The highest BCUT2D eigenvalue weighted by Gasteiger charge is 2.35. The maximum Gasteiger partial charge on any atom is 0.417 e. The van der Waals surface area contributed by atoms with E-state index in [9.17, 15) is 18.3 Å². The quantitative estimate of drug-likeness (QED) is 0.411. The fourth-order valence-corrected chi connectivity index (χ4v) is 3.49. The molecule has 2 heterocycles. The van der Waals surface area contributed by atoms with Gasteiger partial charge < -0.3 is 9.84 Å². The van der Waals surface area contributed by atoms with Crippen LogP contribution in [0.1, 0.15) is 25.1 Å². The van der Waals surface area contributed by atoms with Crippen molar-refractivity contribution in [2.24, 2.45) is 0 Å². The van der Waals surface area contributed by atoms with Crippen molar-refractivity contribution in [1.82, 2.24) is 14.5 Å². The molecule has 0 amide bonds. The van der Waals surface area contributed by atoms with Gasteiger partial charge in [0.05, 0.1) is 18.4 Å². The zero-order valence-electron chi connectivity index (χ0n) is 18.3. The number of alkyl halides is 3. The molecular formula is C25H22F3N3O2. The number of nitrogens with zero attached hydrogens (tertiary/aromatic N) is 3. The largest absolute Gasteiger partial charge is 0.481 e. The van der Waals surface area contributed by atoms with E-state index in [-0.39, 0.29) is 17.1 Å². The summed E-state index contributed by atoms with van der Waals surface area (Å²) < 4.78 is 47.9. The van der Waals surface area contributed by atoms with Crippen molar-refractivity contribution >= 4 is 0 Å². The van der Waals surface area contributed by atoms with Crippen LogP contribution >= 0.6 is 0 Å². The van der Waals surface area contributed by atoms with Crippen molar-refractivity contribution < 1.29 is 23.0 Å². The summed E-state index contributed by atoms with van der Waals surface area (Å²) >= 11 is 0. The lowest BCUT2D eigenvalue weighted by Gasteiger charge is -2.14. The van der Waals surface area contributed by atoms with Gasteiger partial charge in [0.2, 0.25) is 5.88 Å². The van der Waals surface area contributed by atoms with Gasteiger partial charge in [-0.1, -0.05) is 30.3 Å². The minimum absolute atomic E-state index is 0.0722. The van der Waals surface area contributed by atoms with E-state index in [1.807, 2.05) is 18.2 Å². The molecule has 0 bridgehead atoms. The molecule has 0 saturated heterocycles. The van der Waals surface area contributed by atoms with Crippen molar-refractivity contribution in [3.8, 4) is 34.1 Å². The summed E-state index contributed by atoms with van der Waals surface area (Å²) in [5.41, 5.74) is 0.273. The van der Waals surface area contributed by atoms with Gasteiger partial charge in [-0.3, -0.25) is 4.57 Å². The second-order valence-electron chi connectivity index (χ2n) is 8.06. The summed E-state index contributed by atoms with van der Waals surface area (Å²) in [5.74, 6) is 0.565. The first-order chi connectivity index (χ1) is 15.6. The van der Waals surface area contributed by atoms with Crippen molar-refractivity contribution in [3.63, 3.8) is 0 Å². The lowest BCUT2D eigenvalue weighted by molar-refractivity contribution is -0.137. The van der Waals surface area contributed by atoms with Gasteiger partial charge in [0.15, 0.2) is 0 Å². The van der Waals surface area contributed by atoms with Crippen molar-refractivity contribution in [2.45, 2.75) is 25.6 Å². The Labute approximate surface area is 189 Å². The van der Waals surface area contributed by atoms with E-state index in [0.717, 1.165) is 17.2 Å². The SMILES string of the molecule is COc1ccc(-c2cccc(-n3cc(C(C)(C)O)nc3-c3ccccc3C(F)(F)F)c2)cn1. The minimum Gasteiger partial charge on any atom is -0.481 e. The molecule has 0 unspecified atom stereocenters. The lowest BCUT2D eigenvalue weighted by atomic mass is 10.1. The molecule has 5 nitrogen and oxygen atoms in total. The van der Waals surface area contributed by atoms with Crippen LogP contribution in [0.5, 0.6) is 5.88 Å². The molecule has 2 aromatic carbocycles. The molecule has 4 rings (SSSR count). The van der Waals surface area contributed by atoms with Gasteiger partial charge in [-0.15, -0.1) is 0 Å². The summed E-state index contributed by atoms with van der Waals surface area (Å²) in [5, 5.41) is 10.5. The normalized spacial score (nSPS) is 12.1. The molecule has 0 spiro atoms. The Morgan fingerprint density at radius 3 is 2.33 bits per heavy atom. The van der Waals surface area contributed by atoms with E-state index in [1.54, 1.807) is 49.0 Å². The molecule has 170 valence electrons. The second kappa shape index (κ2) is 8.37. The third-order valence-electron chi connectivity index (χ3n) is 5.21. The van der Waals surface area contributed by atoms with Crippen LogP contribution in [-0.2, 0) is 11.8 Å². The van der Waals surface area contributed by atoms with E-state index in [0.29, 0.717) is 11.6 Å². The third-order valence-corrected chi connectivity index (χ3v) is 5.21. The lowest BCUT2D eigenvalue weighted by Crippen LogP contribution is -2.15. The molecule has 0 atom stereocenters. The molecule has 33 heavy (non-hydrogen) atoms. The third kappa shape index (κ3) is 4.61. The van der Waals surface area contributed by atoms with Crippen LogP contribution in [0.15, 0.2) is 73.1 Å². The van der Waals surface area contributed by atoms with Gasteiger partial charge in [-0.25, -0.2) is 9.97 Å². The Bertz CT molecular complexity index is 1270. The highest BCUT2D eigenvalue weighted by molar-refractivity contribution is 5.68. The fourth-order valence-electron chi connectivity index (χ4n) is 3.49. The first kappa shape index (κ1) is 22.5. The molecule has 8 heteroatoms. The number of ether oxygens (including phenoxy) is 1. The van der Waals surface area contributed by atoms with Gasteiger partial charge in [-0.2, -0.15) is 13.2 Å². The van der Waals surface area contributed by atoms with Crippen molar-refractivity contribution in [2.75, 3.05) is 7.11 Å². The van der Waals surface area contributed by atoms with E-state index in [1.165, 1.54) is 25.3 Å². The number of methoxy groups -OCH3 is 1. The van der Waals surface area contributed by atoms with Gasteiger partial charge in [0, 0.05) is 35.3 Å². The van der Waals surface area contributed by atoms with Crippen molar-refractivity contribution in [3.05, 3.63) is 84.3 Å². The Kier molecular flexibility index (Phi) is 5.71. The van der Waals surface area contributed by atoms with Gasteiger partial charge >= 0.3 is 6.18 Å². The Morgan fingerprint density at radius 1 is 0.939 bits per heavy atom. The zero-order chi connectivity index (χ0) is 23.8. The number of aliphatic hydroxyl groups is 1. The molecule has 0 saturated carbocycles. The second-order valence-corrected chi connectivity index (χ2v) is 8.06. The van der Waals surface area contributed by atoms with E-state index >= 15 is 0 Å². The Balaban J connectivity index is 1.90. The topological polar surface area (TPSA) is 60.2 Å². The molecule has 0 aliphatic heterocycles. The smallest absolute Gasteiger partial charge is 0.417 e. The molecule has 0 radical (unpaired) electrons. The summed E-state index contributed by atoms with van der Waals surface area (Å²) in [6, 6.07) is 16.2. The molecule has 0 fully saturated rings. The Hall–Kier alpha value is -3.65. The number of benzene rings is 2. The van der Waals surface area contributed by atoms with E-state index in [4.69, 9.17) is 4.74 Å². The zero-order valence-corrected chi connectivity index (χ0v) is 18.3. The molecule has 2 aromatic heterocycles. The predicted molar refractivity (Wildman–Crippen MR) is 119 cm³/mol. The van der Waals surface area contributed by atoms with Gasteiger partial charge in [0.1, 0.15) is 11.4 Å². The highest BCUT2D eigenvalue weighted by Crippen LogP contribution is 2.38. The maximum atomic E-state index is 13.8. The monoisotopic (exact) mass is 453 g/mol. The van der Waals surface area contributed by atoms with Crippen LogP contribution in [0.25, 0.3) is 28.2 Å². The average molecular weight is 453 g/mol. The predicted octanol–water partition coefficient (Wildman–Crippen LogP) is 5.86. The van der Waals surface area contributed by atoms with Crippen LogP contribution in [0.4, 0.5) is 13.2 Å². The molecular weight excluding hydrogens is 431 g/mol. The van der Waals surface area contributed by atoms with Crippen LogP contribution in [0.2, 0.25) is 0 Å². The van der Waals surface area contributed by atoms with Gasteiger partial charge in [-0.05, 0) is 43.7 Å². The highest BCUT2D eigenvalue weighted by atomic mass is 19.4. The van der Waals surface area contributed by atoms with Gasteiger partial charge in [0.25, 0.3) is 0 Å². The number of pyridine rings is 1. The van der Waals surface area contributed by atoms with Crippen LogP contribution in [-0.4, -0.2) is 26.8 Å². The number of imidazole rings is 1. The van der Waals surface area contributed by atoms with E-state index in [2.05, 4.69) is 9.97 Å². The summed E-state index contributed by atoms with van der Waals surface area (Å²) in [6.45, 7) is 3.08. The first-order valence-electron chi connectivity index (χ1n) is 10.2. The number of halogens is 3. The van der Waals surface area contributed by atoms with E-state index < -0.39 is 17.3 Å². The fraction of sp³-hybridized carbons (Fsp3) is 0.200. The number of aromatic nitrogens is 3. The number of hydrogen-bond acceptors (Lipinski definition) is 4. The molecule has 4 aromatic rings. The first-order valence-corrected chi connectivity index (χ1v) is 10.2. The summed E-state index contributed by atoms with van der Waals surface area (Å²) in [4.78, 5) is 8.63. The molecule has 0 aliphatic carbocycles. The van der Waals surface area contributed by atoms with Crippen LogP contribution in [0.3, 0.4) is 0 Å². The number of hydrogen-bond donors (Lipinski definition) is 1. The standard InChI is InChI=1S/C25H22F3N3O2/c1-24(2,32)21-15-31(23(30-21)19-9-4-5-10-20(19)25(26,27)28)18-8-6-7-16(13-18)17-11-12-22(33-3)29-14-17/h4-15,32H,1-3H3. The van der Waals surface area contributed by atoms with Crippen molar-refractivity contribution in [1.29, 1.82) is 0 Å². The maximum absolute atomic E-state index is 13.8. The number of rotatable bonds is 5. The van der Waals surface area contributed by atoms with Crippen LogP contribution in [0, 0.1) is 0 Å². The average Bonchev–Trinajstić information content (AvgIpc) is 3.25. The minimum atomic E-state index is -4.56. The Morgan fingerprint density at radius 2 is 1.70 bits per heavy atom. The molecule has 1 N–H and O–H groups in total.